The molecule has 3 unspecified atom stereocenters. The van der Waals surface area contributed by atoms with Gasteiger partial charge in [-0.3, -0.25) is 9.59 Å². The van der Waals surface area contributed by atoms with E-state index in [4.69, 9.17) is 4.74 Å². The van der Waals surface area contributed by atoms with E-state index in [1.807, 2.05) is 71.6 Å². The van der Waals surface area contributed by atoms with Crippen LogP contribution in [0.4, 0.5) is 5.82 Å². The van der Waals surface area contributed by atoms with Crippen LogP contribution in [0.2, 0.25) is 0 Å². The van der Waals surface area contributed by atoms with E-state index in [9.17, 15) is 9.59 Å². The second-order valence-electron chi connectivity index (χ2n) is 9.43. The molecule has 3 aliphatic rings. The third kappa shape index (κ3) is 5.03. The molecule has 0 spiro atoms. The summed E-state index contributed by atoms with van der Waals surface area (Å²) < 4.78 is 5.23. The van der Waals surface area contributed by atoms with Gasteiger partial charge in [0, 0.05) is 56.6 Å². The van der Waals surface area contributed by atoms with Crippen molar-refractivity contribution < 1.29 is 14.3 Å². The minimum atomic E-state index is -0.0133. The summed E-state index contributed by atoms with van der Waals surface area (Å²) in [5.74, 6) is 2.05. The Morgan fingerprint density at radius 1 is 1.09 bits per heavy atom. The lowest BCUT2D eigenvalue weighted by atomic mass is 9.83. The number of benzene rings is 1. The number of nitrogens with zero attached hydrogens (tertiary/aromatic N) is 4. The quantitative estimate of drug-likeness (QED) is 0.609. The highest BCUT2D eigenvalue weighted by Gasteiger charge is 2.43. The van der Waals surface area contributed by atoms with Crippen molar-refractivity contribution >= 4 is 35.5 Å². The predicted molar refractivity (Wildman–Crippen MR) is 139 cm³/mol. The van der Waals surface area contributed by atoms with Crippen molar-refractivity contribution in [3.63, 3.8) is 0 Å². The van der Waals surface area contributed by atoms with Gasteiger partial charge in [0.1, 0.15) is 11.6 Å². The number of pyridine rings is 1. The topological polar surface area (TPSA) is 66.0 Å². The van der Waals surface area contributed by atoms with Gasteiger partial charge in [-0.15, -0.1) is 11.8 Å². The highest BCUT2D eigenvalue weighted by Crippen LogP contribution is 2.43. The number of ether oxygens (including phenoxy) is 1. The molecular formula is C27H32N4O3S. The summed E-state index contributed by atoms with van der Waals surface area (Å²) in [5, 5.41) is 0.326. The normalized spacial score (nSPS) is 26.0. The average Bonchev–Trinajstić information content (AvgIpc) is 2.92. The first-order valence-corrected chi connectivity index (χ1v) is 13.2. The van der Waals surface area contributed by atoms with Gasteiger partial charge in [-0.2, -0.15) is 0 Å². The fraction of sp³-hybridized carbons (Fsp3) is 0.444. The molecule has 8 heteroatoms. The summed E-state index contributed by atoms with van der Waals surface area (Å²) in [6, 6.07) is 13.8. The van der Waals surface area contributed by atoms with Crippen LogP contribution < -0.4 is 9.64 Å². The molecule has 1 aromatic carbocycles. The number of carbonyl (C=O) groups is 2. The van der Waals surface area contributed by atoms with Crippen molar-refractivity contribution in [1.29, 1.82) is 0 Å². The number of carbonyl (C=O) groups excluding carboxylic acids is 2. The SMILES string of the molecule is COc1ccc(/C=C2\SC3CCC(C(=O)N4CCN(c5ccccn5)CC4)CC3N(C)C2=O)cc1. The van der Waals surface area contributed by atoms with Crippen LogP contribution in [-0.2, 0) is 9.59 Å². The molecule has 0 N–H and O–H groups in total. The van der Waals surface area contributed by atoms with Gasteiger partial charge >= 0.3 is 0 Å². The number of amides is 2. The van der Waals surface area contributed by atoms with Crippen molar-refractivity contribution in [2.45, 2.75) is 30.6 Å². The van der Waals surface area contributed by atoms with E-state index in [0.717, 1.165) is 67.5 Å². The number of aromatic nitrogens is 1. The van der Waals surface area contributed by atoms with Crippen molar-refractivity contribution in [3.05, 3.63) is 59.1 Å². The lowest BCUT2D eigenvalue weighted by Gasteiger charge is -2.45. The Balaban J connectivity index is 1.20. The molecule has 0 radical (unpaired) electrons. The number of piperazine rings is 1. The highest BCUT2D eigenvalue weighted by molar-refractivity contribution is 8.04. The summed E-state index contributed by atoms with van der Waals surface area (Å²) in [4.78, 5) is 37.9. The van der Waals surface area contributed by atoms with Crippen molar-refractivity contribution in [2.75, 3.05) is 45.2 Å². The minimum Gasteiger partial charge on any atom is -0.497 e. The molecule has 1 aliphatic carbocycles. The highest BCUT2D eigenvalue weighted by atomic mass is 32.2. The number of thioether (sulfide) groups is 1. The second-order valence-corrected chi connectivity index (χ2v) is 10.7. The molecule has 3 heterocycles. The Morgan fingerprint density at radius 2 is 1.86 bits per heavy atom. The number of hydrogen-bond acceptors (Lipinski definition) is 6. The first-order chi connectivity index (χ1) is 17.0. The van der Waals surface area contributed by atoms with Crippen LogP contribution in [-0.4, -0.2) is 78.2 Å². The van der Waals surface area contributed by atoms with Gasteiger partial charge in [0.15, 0.2) is 0 Å². The van der Waals surface area contributed by atoms with Crippen LogP contribution >= 0.6 is 11.8 Å². The standard InChI is InChI=1S/C27H32N4O3S/c1-29-22-18-20(26(32)31-15-13-30(14-16-31)25-5-3-4-12-28-25)8-11-23(22)35-24(27(29)33)17-19-6-9-21(34-2)10-7-19/h3-7,9-10,12,17,20,22-23H,8,11,13-16,18H2,1-2H3/b24-17-. The molecule has 2 saturated heterocycles. The fourth-order valence-electron chi connectivity index (χ4n) is 5.33. The summed E-state index contributed by atoms with van der Waals surface area (Å²) in [6.45, 7) is 3.04. The zero-order valence-corrected chi connectivity index (χ0v) is 21.1. The first-order valence-electron chi connectivity index (χ1n) is 12.3. The van der Waals surface area contributed by atoms with E-state index in [1.165, 1.54) is 0 Å². The Hall–Kier alpha value is -3.00. The maximum absolute atomic E-state index is 13.4. The molecule has 5 rings (SSSR count). The largest absolute Gasteiger partial charge is 0.497 e. The molecule has 2 amide bonds. The van der Waals surface area contributed by atoms with E-state index in [2.05, 4.69) is 9.88 Å². The molecule has 1 aromatic heterocycles. The Labute approximate surface area is 211 Å². The number of anilines is 1. The molecule has 2 aromatic rings. The Morgan fingerprint density at radius 3 is 2.54 bits per heavy atom. The van der Waals surface area contributed by atoms with Gasteiger partial charge in [0.05, 0.1) is 12.0 Å². The molecule has 184 valence electrons. The number of fused-ring (bicyclic) bond motifs is 1. The number of methoxy groups -OCH3 is 1. The number of likely N-dealkylation sites (N-methyl/N-ethyl adjacent to an activating group) is 1. The lowest BCUT2D eigenvalue weighted by molar-refractivity contribution is -0.139. The summed E-state index contributed by atoms with van der Waals surface area (Å²) in [7, 11) is 3.53. The molecule has 1 saturated carbocycles. The molecule has 35 heavy (non-hydrogen) atoms. The van der Waals surface area contributed by atoms with Crippen LogP contribution in [0.5, 0.6) is 5.75 Å². The van der Waals surface area contributed by atoms with Gasteiger partial charge < -0.3 is 19.4 Å². The number of hydrogen-bond donors (Lipinski definition) is 0. The first kappa shape index (κ1) is 23.7. The summed E-state index contributed by atoms with van der Waals surface area (Å²) in [5.41, 5.74) is 0.988. The third-order valence-electron chi connectivity index (χ3n) is 7.39. The molecule has 3 fully saturated rings. The fourth-order valence-corrected chi connectivity index (χ4v) is 6.81. The van der Waals surface area contributed by atoms with Crippen molar-refractivity contribution in [1.82, 2.24) is 14.8 Å². The van der Waals surface area contributed by atoms with Gasteiger partial charge in [0.2, 0.25) is 5.91 Å². The van der Waals surface area contributed by atoms with Crippen LogP contribution in [0.15, 0.2) is 53.6 Å². The smallest absolute Gasteiger partial charge is 0.260 e. The molecule has 3 atom stereocenters. The van der Waals surface area contributed by atoms with Crippen LogP contribution in [0.25, 0.3) is 6.08 Å². The average molecular weight is 493 g/mol. The minimum absolute atomic E-state index is 0.0133. The molecule has 7 nitrogen and oxygen atoms in total. The van der Waals surface area contributed by atoms with E-state index >= 15 is 0 Å². The van der Waals surface area contributed by atoms with E-state index in [-0.39, 0.29) is 23.8 Å². The Kier molecular flexibility index (Phi) is 7.00. The molecule has 0 bridgehead atoms. The number of rotatable bonds is 4. The van der Waals surface area contributed by atoms with E-state index in [1.54, 1.807) is 18.9 Å². The van der Waals surface area contributed by atoms with E-state index < -0.39 is 0 Å². The molecule has 2 aliphatic heterocycles. The summed E-state index contributed by atoms with van der Waals surface area (Å²) >= 11 is 1.68. The zero-order valence-electron chi connectivity index (χ0n) is 20.3. The molecular weight excluding hydrogens is 460 g/mol. The second kappa shape index (κ2) is 10.3. The monoisotopic (exact) mass is 492 g/mol. The van der Waals surface area contributed by atoms with Crippen LogP contribution in [0, 0.1) is 5.92 Å². The maximum atomic E-state index is 13.4. The van der Waals surface area contributed by atoms with Gasteiger partial charge in [0.25, 0.3) is 5.91 Å². The van der Waals surface area contributed by atoms with Crippen LogP contribution in [0.3, 0.4) is 0 Å². The van der Waals surface area contributed by atoms with Gasteiger partial charge in [-0.05, 0) is 55.2 Å². The maximum Gasteiger partial charge on any atom is 0.260 e. The van der Waals surface area contributed by atoms with E-state index in [0.29, 0.717) is 5.25 Å². The van der Waals surface area contributed by atoms with Gasteiger partial charge in [-0.1, -0.05) is 18.2 Å². The van der Waals surface area contributed by atoms with Crippen LogP contribution in [0.1, 0.15) is 24.8 Å². The summed E-state index contributed by atoms with van der Waals surface area (Å²) in [6.07, 6.45) is 6.35. The zero-order chi connectivity index (χ0) is 24.4. The lowest BCUT2D eigenvalue weighted by Crippen LogP contribution is -2.55. The van der Waals surface area contributed by atoms with Crippen molar-refractivity contribution in [2.24, 2.45) is 5.92 Å². The predicted octanol–water partition coefficient (Wildman–Crippen LogP) is 3.52. The van der Waals surface area contributed by atoms with Crippen molar-refractivity contribution in [3.8, 4) is 5.75 Å². The van der Waals surface area contributed by atoms with Gasteiger partial charge in [-0.25, -0.2) is 4.98 Å². The third-order valence-corrected chi connectivity index (χ3v) is 8.79. The Bertz CT molecular complexity index is 1080.